The topological polar surface area (TPSA) is 72.7 Å². The van der Waals surface area contributed by atoms with Crippen molar-refractivity contribution in [2.45, 2.75) is 137 Å². The molecule has 1 aromatic rings. The third kappa shape index (κ3) is 14.7. The van der Waals surface area contributed by atoms with Crippen LogP contribution in [0, 0.1) is 22.0 Å². The van der Waals surface area contributed by atoms with Crippen molar-refractivity contribution >= 4 is 11.8 Å². The molecule has 0 aliphatic rings. The molecule has 38 heavy (non-hydrogen) atoms. The summed E-state index contributed by atoms with van der Waals surface area (Å²) in [6.07, 6.45) is 19.3. The molecule has 1 amide bonds. The van der Waals surface area contributed by atoms with E-state index in [1.807, 2.05) is 4.90 Å². The summed E-state index contributed by atoms with van der Waals surface area (Å²) in [6.45, 7) is 10.2. The molecular weight excluding hydrogens is 476 g/mol. The summed E-state index contributed by atoms with van der Waals surface area (Å²) < 4.78 is 5.69. The van der Waals surface area contributed by atoms with Gasteiger partial charge in [0, 0.05) is 19.2 Å². The molecule has 0 saturated carbocycles. The standard InChI is InChI=1S/C32H56N2O4/c1-5-9-11-13-15-17-21-28(7-3)25-33(26-29(8-4)22-18-16-14-12-10-6-2)32(35)38-27-30-23-19-20-24-31(30)34(36)37/h19-20,23-24,28-29H,5-18,21-22,25-27H2,1-4H3. The summed E-state index contributed by atoms with van der Waals surface area (Å²) in [4.78, 5) is 26.2. The quantitative estimate of drug-likeness (QED) is 0.0798. The maximum Gasteiger partial charge on any atom is 0.410 e. The van der Waals surface area contributed by atoms with E-state index in [0.717, 1.165) is 25.7 Å². The minimum Gasteiger partial charge on any atom is -0.444 e. The Morgan fingerprint density at radius 1 is 0.789 bits per heavy atom. The van der Waals surface area contributed by atoms with Gasteiger partial charge in [0.2, 0.25) is 0 Å². The lowest BCUT2D eigenvalue weighted by molar-refractivity contribution is -0.385. The minimum atomic E-state index is -0.414. The van der Waals surface area contributed by atoms with E-state index in [-0.39, 0.29) is 18.4 Å². The van der Waals surface area contributed by atoms with Gasteiger partial charge in [0.15, 0.2) is 0 Å². The van der Waals surface area contributed by atoms with Gasteiger partial charge in [-0.3, -0.25) is 10.1 Å². The van der Waals surface area contributed by atoms with Gasteiger partial charge in [-0.2, -0.15) is 0 Å². The highest BCUT2D eigenvalue weighted by Gasteiger charge is 2.24. The molecule has 0 radical (unpaired) electrons. The smallest absolute Gasteiger partial charge is 0.410 e. The Morgan fingerprint density at radius 2 is 1.26 bits per heavy atom. The molecule has 0 aromatic heterocycles. The van der Waals surface area contributed by atoms with Gasteiger partial charge in [0.05, 0.1) is 10.5 Å². The normalized spacial score (nSPS) is 12.7. The van der Waals surface area contributed by atoms with Crippen LogP contribution in [0.15, 0.2) is 24.3 Å². The number of nitro benzene ring substituents is 1. The molecule has 1 rings (SSSR count). The van der Waals surface area contributed by atoms with Crippen molar-refractivity contribution in [2.24, 2.45) is 11.8 Å². The van der Waals surface area contributed by atoms with E-state index in [2.05, 4.69) is 27.7 Å². The summed E-state index contributed by atoms with van der Waals surface area (Å²) in [7, 11) is 0. The Balaban J connectivity index is 2.78. The second-order valence-corrected chi connectivity index (χ2v) is 11.0. The maximum atomic E-state index is 13.3. The number of carbonyl (C=O) groups excluding carboxylic acids is 1. The Hall–Kier alpha value is -2.11. The number of carbonyl (C=O) groups is 1. The number of nitrogens with zero attached hydrogens (tertiary/aromatic N) is 2. The van der Waals surface area contributed by atoms with Crippen molar-refractivity contribution in [1.29, 1.82) is 0 Å². The molecule has 2 atom stereocenters. The highest BCUT2D eigenvalue weighted by atomic mass is 16.6. The third-order valence-electron chi connectivity index (χ3n) is 7.84. The zero-order valence-electron chi connectivity index (χ0n) is 24.9. The Morgan fingerprint density at radius 3 is 1.74 bits per heavy atom. The number of benzene rings is 1. The molecule has 6 heteroatoms. The van der Waals surface area contributed by atoms with Crippen LogP contribution >= 0.6 is 0 Å². The van der Waals surface area contributed by atoms with Crippen LogP contribution in [0.1, 0.15) is 136 Å². The van der Waals surface area contributed by atoms with E-state index in [1.54, 1.807) is 18.2 Å². The predicted octanol–water partition coefficient (Wildman–Crippen LogP) is 10.1. The Bertz CT molecular complexity index is 729. The summed E-state index contributed by atoms with van der Waals surface area (Å²) in [6, 6.07) is 6.51. The SMILES string of the molecule is CCCCCCCCC(CC)CN(CC(CC)CCCCCCCC)C(=O)OCc1ccccc1[N+](=O)[O-]. The summed E-state index contributed by atoms with van der Waals surface area (Å²) >= 11 is 0. The molecule has 2 unspecified atom stereocenters. The first-order valence-corrected chi connectivity index (χ1v) is 15.6. The molecule has 0 aliphatic carbocycles. The third-order valence-corrected chi connectivity index (χ3v) is 7.84. The first kappa shape index (κ1) is 33.9. The maximum absolute atomic E-state index is 13.3. The Labute approximate surface area is 233 Å². The number of nitro groups is 1. The number of hydrogen-bond acceptors (Lipinski definition) is 4. The summed E-state index contributed by atoms with van der Waals surface area (Å²) in [5.74, 6) is 0.901. The lowest BCUT2D eigenvalue weighted by Gasteiger charge is -2.30. The zero-order valence-corrected chi connectivity index (χ0v) is 24.9. The van der Waals surface area contributed by atoms with Crippen LogP contribution in [0.3, 0.4) is 0 Å². The number of ether oxygens (including phenoxy) is 1. The fraction of sp³-hybridized carbons (Fsp3) is 0.781. The molecule has 0 fully saturated rings. The molecule has 0 bridgehead atoms. The van der Waals surface area contributed by atoms with E-state index < -0.39 is 4.92 Å². The van der Waals surface area contributed by atoms with Crippen LogP contribution in [0.4, 0.5) is 10.5 Å². The van der Waals surface area contributed by atoms with Gasteiger partial charge in [0.25, 0.3) is 5.69 Å². The van der Waals surface area contributed by atoms with Crippen LogP contribution in [-0.4, -0.2) is 29.0 Å². The van der Waals surface area contributed by atoms with Crippen LogP contribution in [-0.2, 0) is 11.3 Å². The van der Waals surface area contributed by atoms with Gasteiger partial charge in [-0.1, -0.05) is 130 Å². The summed E-state index contributed by atoms with van der Waals surface area (Å²) in [5.41, 5.74) is 0.430. The highest BCUT2D eigenvalue weighted by Crippen LogP contribution is 2.23. The second kappa shape index (κ2) is 21.8. The van der Waals surface area contributed by atoms with Crippen LogP contribution in [0.25, 0.3) is 0 Å². The monoisotopic (exact) mass is 532 g/mol. The van der Waals surface area contributed by atoms with Crippen LogP contribution < -0.4 is 0 Å². The fourth-order valence-electron chi connectivity index (χ4n) is 5.16. The molecule has 0 N–H and O–H groups in total. The molecule has 0 spiro atoms. The molecule has 0 aliphatic heterocycles. The van der Waals surface area contributed by atoms with E-state index >= 15 is 0 Å². The molecule has 6 nitrogen and oxygen atoms in total. The van der Waals surface area contributed by atoms with Crippen LogP contribution in [0.2, 0.25) is 0 Å². The van der Waals surface area contributed by atoms with E-state index in [0.29, 0.717) is 30.5 Å². The van der Waals surface area contributed by atoms with Crippen molar-refractivity contribution in [3.8, 4) is 0 Å². The number of amides is 1. The average molecular weight is 533 g/mol. The Kier molecular flexibility index (Phi) is 19.4. The van der Waals surface area contributed by atoms with Gasteiger partial charge in [0.1, 0.15) is 6.61 Å². The lowest BCUT2D eigenvalue weighted by atomic mass is 9.95. The second-order valence-electron chi connectivity index (χ2n) is 11.0. The van der Waals surface area contributed by atoms with Crippen molar-refractivity contribution in [1.82, 2.24) is 4.90 Å². The average Bonchev–Trinajstić information content (AvgIpc) is 2.93. The van der Waals surface area contributed by atoms with Gasteiger partial charge in [-0.15, -0.1) is 0 Å². The number of para-hydroxylation sites is 1. The van der Waals surface area contributed by atoms with Crippen molar-refractivity contribution in [3.63, 3.8) is 0 Å². The first-order valence-electron chi connectivity index (χ1n) is 15.6. The van der Waals surface area contributed by atoms with Gasteiger partial charge >= 0.3 is 6.09 Å². The largest absolute Gasteiger partial charge is 0.444 e. The molecule has 218 valence electrons. The zero-order chi connectivity index (χ0) is 28.0. The van der Waals surface area contributed by atoms with Crippen molar-refractivity contribution < 1.29 is 14.5 Å². The molecular formula is C32H56N2O4. The van der Waals surface area contributed by atoms with Crippen molar-refractivity contribution in [2.75, 3.05) is 13.1 Å². The van der Waals surface area contributed by atoms with Gasteiger partial charge in [-0.05, 0) is 30.7 Å². The van der Waals surface area contributed by atoms with Crippen LogP contribution in [0.5, 0.6) is 0 Å². The fourth-order valence-corrected chi connectivity index (χ4v) is 5.16. The summed E-state index contributed by atoms with van der Waals surface area (Å²) in [5, 5.41) is 11.4. The minimum absolute atomic E-state index is 0.00383. The van der Waals surface area contributed by atoms with E-state index in [9.17, 15) is 14.9 Å². The molecule has 0 heterocycles. The predicted molar refractivity (Wildman–Crippen MR) is 158 cm³/mol. The van der Waals surface area contributed by atoms with Gasteiger partial charge < -0.3 is 9.64 Å². The molecule has 1 aromatic carbocycles. The molecule has 0 saturated heterocycles. The lowest BCUT2D eigenvalue weighted by Crippen LogP contribution is -2.39. The van der Waals surface area contributed by atoms with Gasteiger partial charge in [-0.25, -0.2) is 4.79 Å². The number of rotatable bonds is 23. The number of unbranched alkanes of at least 4 members (excludes halogenated alkanes) is 10. The number of hydrogen-bond donors (Lipinski definition) is 0. The van der Waals surface area contributed by atoms with E-state index in [1.165, 1.54) is 83.1 Å². The highest BCUT2D eigenvalue weighted by molar-refractivity contribution is 5.67. The first-order chi connectivity index (χ1) is 18.5. The van der Waals surface area contributed by atoms with E-state index in [4.69, 9.17) is 4.74 Å². The van der Waals surface area contributed by atoms with Crippen molar-refractivity contribution in [3.05, 3.63) is 39.9 Å².